The van der Waals surface area contributed by atoms with E-state index in [0.717, 1.165) is 12.8 Å². The molecule has 1 fully saturated rings. The van der Waals surface area contributed by atoms with Gasteiger partial charge in [0.15, 0.2) is 9.84 Å². The number of carbonyl (C=O) groups excluding carboxylic acids is 1. The van der Waals surface area contributed by atoms with E-state index in [2.05, 4.69) is 0 Å². The van der Waals surface area contributed by atoms with E-state index in [-0.39, 0.29) is 11.9 Å². The van der Waals surface area contributed by atoms with Crippen molar-refractivity contribution >= 4 is 15.7 Å². The second-order valence-electron chi connectivity index (χ2n) is 4.83. The van der Waals surface area contributed by atoms with Gasteiger partial charge in [0, 0.05) is 19.3 Å². The Morgan fingerprint density at radius 1 is 1.47 bits per heavy atom. The molecule has 100 valence electrons. The SMILES string of the molecule is CC[C@H](N)C(=O)N(C)C1CCCC1S(C)(=O)=O. The third kappa shape index (κ3) is 3.19. The average molecular weight is 262 g/mol. The second-order valence-corrected chi connectivity index (χ2v) is 7.09. The summed E-state index contributed by atoms with van der Waals surface area (Å²) in [6, 6.07) is -0.740. The summed E-state index contributed by atoms with van der Waals surface area (Å²) in [6.07, 6.45) is 4.05. The molecule has 0 heterocycles. The van der Waals surface area contributed by atoms with Gasteiger partial charge in [0.1, 0.15) is 0 Å². The first-order valence-corrected chi connectivity index (χ1v) is 7.95. The summed E-state index contributed by atoms with van der Waals surface area (Å²) in [5.41, 5.74) is 5.70. The van der Waals surface area contributed by atoms with E-state index in [1.807, 2.05) is 6.92 Å². The minimum atomic E-state index is -3.10. The summed E-state index contributed by atoms with van der Waals surface area (Å²) in [4.78, 5) is 13.5. The molecule has 0 aromatic heterocycles. The zero-order valence-electron chi connectivity index (χ0n) is 10.7. The van der Waals surface area contributed by atoms with Crippen molar-refractivity contribution in [2.75, 3.05) is 13.3 Å². The maximum Gasteiger partial charge on any atom is 0.239 e. The minimum Gasteiger partial charge on any atom is -0.340 e. The van der Waals surface area contributed by atoms with Crippen molar-refractivity contribution in [3.8, 4) is 0 Å². The Hall–Kier alpha value is -0.620. The highest BCUT2D eigenvalue weighted by Gasteiger charge is 2.39. The summed E-state index contributed by atoms with van der Waals surface area (Å²) in [7, 11) is -1.44. The van der Waals surface area contributed by atoms with Crippen LogP contribution in [0.3, 0.4) is 0 Å². The molecule has 0 spiro atoms. The van der Waals surface area contributed by atoms with E-state index in [4.69, 9.17) is 5.73 Å². The standard InChI is InChI=1S/C11H22N2O3S/c1-4-8(12)11(14)13(2)9-6-5-7-10(9)17(3,15)16/h8-10H,4-7,12H2,1-3H3/t8-,9?,10?/m0/s1. The molecule has 0 aliphatic heterocycles. The highest BCUT2D eigenvalue weighted by Crippen LogP contribution is 2.28. The van der Waals surface area contributed by atoms with E-state index >= 15 is 0 Å². The molecular weight excluding hydrogens is 240 g/mol. The molecule has 1 aliphatic rings. The van der Waals surface area contributed by atoms with Gasteiger partial charge in [-0.1, -0.05) is 6.92 Å². The smallest absolute Gasteiger partial charge is 0.239 e. The van der Waals surface area contributed by atoms with Crippen LogP contribution in [0.15, 0.2) is 0 Å². The molecule has 1 saturated carbocycles. The summed E-state index contributed by atoms with van der Waals surface area (Å²) in [5.74, 6) is -0.159. The number of carbonyl (C=O) groups is 1. The van der Waals surface area contributed by atoms with Crippen molar-refractivity contribution in [1.29, 1.82) is 0 Å². The molecule has 0 aromatic rings. The molecule has 17 heavy (non-hydrogen) atoms. The van der Waals surface area contributed by atoms with Gasteiger partial charge >= 0.3 is 0 Å². The van der Waals surface area contributed by atoms with Crippen molar-refractivity contribution in [2.24, 2.45) is 5.73 Å². The lowest BCUT2D eigenvalue weighted by Crippen LogP contribution is -2.50. The Kier molecular flexibility index (Phi) is 4.55. The molecule has 2 N–H and O–H groups in total. The van der Waals surface area contributed by atoms with Gasteiger partial charge in [-0.3, -0.25) is 4.79 Å². The van der Waals surface area contributed by atoms with Crippen molar-refractivity contribution in [1.82, 2.24) is 4.90 Å². The number of nitrogens with zero attached hydrogens (tertiary/aromatic N) is 1. The highest BCUT2D eigenvalue weighted by atomic mass is 32.2. The Morgan fingerprint density at radius 2 is 2.06 bits per heavy atom. The predicted molar refractivity (Wildman–Crippen MR) is 67.3 cm³/mol. The number of likely N-dealkylation sites (N-methyl/N-ethyl adjacent to an activating group) is 1. The average Bonchev–Trinajstić information content (AvgIpc) is 2.74. The number of rotatable bonds is 4. The fourth-order valence-electron chi connectivity index (χ4n) is 2.45. The van der Waals surface area contributed by atoms with Crippen molar-refractivity contribution in [2.45, 2.75) is 49.9 Å². The third-order valence-corrected chi connectivity index (χ3v) is 5.22. The monoisotopic (exact) mass is 262 g/mol. The molecule has 3 atom stereocenters. The van der Waals surface area contributed by atoms with Crippen molar-refractivity contribution in [3.05, 3.63) is 0 Å². The number of hydrogen-bond donors (Lipinski definition) is 1. The number of hydrogen-bond acceptors (Lipinski definition) is 4. The summed E-state index contributed by atoms with van der Waals surface area (Å²) in [5, 5.41) is -0.430. The predicted octanol–water partition coefficient (Wildman–Crippen LogP) is 0.148. The van der Waals surface area contributed by atoms with Crippen LogP contribution in [-0.2, 0) is 14.6 Å². The van der Waals surface area contributed by atoms with Gasteiger partial charge < -0.3 is 10.6 Å². The Bertz CT molecular complexity index is 380. The molecule has 0 aromatic carbocycles. The van der Waals surface area contributed by atoms with Crippen LogP contribution in [0.1, 0.15) is 32.6 Å². The summed E-state index contributed by atoms with van der Waals surface area (Å²) in [6.45, 7) is 1.85. The first-order chi connectivity index (χ1) is 7.79. The third-order valence-electron chi connectivity index (χ3n) is 3.57. The first-order valence-electron chi connectivity index (χ1n) is 6.00. The normalized spacial score (nSPS) is 26.8. The zero-order chi connectivity index (χ0) is 13.2. The number of nitrogens with two attached hydrogens (primary N) is 1. The molecule has 6 heteroatoms. The Labute approximate surface area is 103 Å². The molecule has 1 rings (SSSR count). The van der Waals surface area contributed by atoms with Crippen LogP contribution in [0.25, 0.3) is 0 Å². The maximum atomic E-state index is 11.9. The van der Waals surface area contributed by atoms with Crippen LogP contribution in [-0.4, -0.2) is 49.9 Å². The largest absolute Gasteiger partial charge is 0.340 e. The molecule has 1 aliphatic carbocycles. The van der Waals surface area contributed by atoms with Crippen LogP contribution in [0.5, 0.6) is 0 Å². The molecule has 0 radical (unpaired) electrons. The highest BCUT2D eigenvalue weighted by molar-refractivity contribution is 7.91. The van der Waals surface area contributed by atoms with Crippen LogP contribution in [0.2, 0.25) is 0 Å². The van der Waals surface area contributed by atoms with Gasteiger partial charge in [-0.2, -0.15) is 0 Å². The van der Waals surface area contributed by atoms with E-state index in [1.54, 1.807) is 7.05 Å². The zero-order valence-corrected chi connectivity index (χ0v) is 11.5. The fourth-order valence-corrected chi connectivity index (χ4v) is 3.93. The summed E-state index contributed by atoms with van der Waals surface area (Å²) < 4.78 is 23.3. The fraction of sp³-hybridized carbons (Fsp3) is 0.909. The van der Waals surface area contributed by atoms with Crippen molar-refractivity contribution < 1.29 is 13.2 Å². The topological polar surface area (TPSA) is 80.5 Å². The van der Waals surface area contributed by atoms with Gasteiger partial charge in [0.25, 0.3) is 0 Å². The van der Waals surface area contributed by atoms with Gasteiger partial charge in [-0.05, 0) is 25.7 Å². The van der Waals surface area contributed by atoms with Gasteiger partial charge in [0.05, 0.1) is 11.3 Å². The molecular formula is C11H22N2O3S. The van der Waals surface area contributed by atoms with E-state index in [1.165, 1.54) is 11.2 Å². The van der Waals surface area contributed by atoms with E-state index < -0.39 is 21.1 Å². The Morgan fingerprint density at radius 3 is 2.53 bits per heavy atom. The minimum absolute atomic E-state index is 0.159. The van der Waals surface area contributed by atoms with Crippen molar-refractivity contribution in [3.63, 3.8) is 0 Å². The van der Waals surface area contributed by atoms with Crippen LogP contribution >= 0.6 is 0 Å². The molecule has 5 nitrogen and oxygen atoms in total. The summed E-state index contributed by atoms with van der Waals surface area (Å²) >= 11 is 0. The van der Waals surface area contributed by atoms with Crippen LogP contribution in [0, 0.1) is 0 Å². The lowest BCUT2D eigenvalue weighted by atomic mass is 10.1. The first kappa shape index (κ1) is 14.4. The number of sulfone groups is 1. The molecule has 0 bridgehead atoms. The quantitative estimate of drug-likeness (QED) is 0.782. The Balaban J connectivity index is 2.82. The van der Waals surface area contributed by atoms with Crippen LogP contribution < -0.4 is 5.73 Å². The lowest BCUT2D eigenvalue weighted by Gasteiger charge is -2.30. The molecule has 0 saturated heterocycles. The van der Waals surface area contributed by atoms with E-state index in [0.29, 0.717) is 12.8 Å². The second kappa shape index (κ2) is 5.35. The van der Waals surface area contributed by atoms with Gasteiger partial charge in [-0.15, -0.1) is 0 Å². The van der Waals surface area contributed by atoms with E-state index in [9.17, 15) is 13.2 Å². The van der Waals surface area contributed by atoms with Crippen LogP contribution in [0.4, 0.5) is 0 Å². The maximum absolute atomic E-state index is 11.9. The number of amides is 1. The molecule has 2 unspecified atom stereocenters. The van der Waals surface area contributed by atoms with Gasteiger partial charge in [0.2, 0.25) is 5.91 Å². The molecule has 1 amide bonds. The lowest BCUT2D eigenvalue weighted by molar-refractivity contribution is -0.133. The van der Waals surface area contributed by atoms with Gasteiger partial charge in [-0.25, -0.2) is 8.42 Å².